The van der Waals surface area contributed by atoms with Crippen LogP contribution >= 0.6 is 11.8 Å². The number of hydrogen-bond acceptors (Lipinski definition) is 4. The lowest BCUT2D eigenvalue weighted by molar-refractivity contribution is 0.686. The summed E-state index contributed by atoms with van der Waals surface area (Å²) in [6, 6.07) is 6.91. The van der Waals surface area contributed by atoms with Gasteiger partial charge in [-0.1, -0.05) is 6.07 Å². The highest BCUT2D eigenvalue weighted by Gasteiger charge is 2.20. The Bertz CT molecular complexity index is 337. The van der Waals surface area contributed by atoms with Crippen molar-refractivity contribution < 1.29 is 0 Å². The zero-order chi connectivity index (χ0) is 11.4. The van der Waals surface area contributed by atoms with Crippen LogP contribution in [0.2, 0.25) is 0 Å². The van der Waals surface area contributed by atoms with Crippen LogP contribution in [0.15, 0.2) is 18.2 Å². The molecule has 1 saturated heterocycles. The molecule has 2 heterocycles. The molecule has 4 heteroatoms. The fraction of sp³-hybridized carbons (Fsp3) is 0.583. The molecule has 0 aliphatic carbocycles. The molecule has 1 N–H and O–H groups in total. The van der Waals surface area contributed by atoms with Gasteiger partial charge in [-0.25, -0.2) is 4.98 Å². The lowest BCUT2D eigenvalue weighted by Crippen LogP contribution is -2.32. The number of nitrogens with one attached hydrogen (secondary N) is 1. The largest absolute Gasteiger partial charge is 0.356 e. The first-order valence-electron chi connectivity index (χ1n) is 5.72. The monoisotopic (exact) mass is 237 g/mol. The predicted octanol–water partition coefficient (Wildman–Crippen LogP) is 1.74. The molecule has 1 aromatic heterocycles. The van der Waals surface area contributed by atoms with Gasteiger partial charge in [0, 0.05) is 25.4 Å². The Labute approximate surface area is 102 Å². The average molecular weight is 237 g/mol. The summed E-state index contributed by atoms with van der Waals surface area (Å²) in [5.74, 6) is 3.61. The van der Waals surface area contributed by atoms with Crippen molar-refractivity contribution >= 4 is 17.6 Å². The number of aromatic nitrogens is 1. The molecule has 1 unspecified atom stereocenters. The predicted molar refractivity (Wildman–Crippen MR) is 71.1 cm³/mol. The first kappa shape index (κ1) is 11.7. The zero-order valence-corrected chi connectivity index (χ0v) is 10.8. The summed E-state index contributed by atoms with van der Waals surface area (Å²) in [5.41, 5.74) is 1.11. The molecule has 16 heavy (non-hydrogen) atoms. The summed E-state index contributed by atoms with van der Waals surface area (Å²) in [6.07, 6.45) is 1.28. The summed E-state index contributed by atoms with van der Waals surface area (Å²) in [6.45, 7) is 0.834. The molecule has 1 aliphatic rings. The number of hydrogen-bond donors (Lipinski definition) is 1. The molecular weight excluding hydrogens is 218 g/mol. The second-order valence-corrected chi connectivity index (χ2v) is 5.30. The van der Waals surface area contributed by atoms with Gasteiger partial charge in [-0.15, -0.1) is 0 Å². The Morgan fingerprint density at radius 3 is 3.12 bits per heavy atom. The van der Waals surface area contributed by atoms with E-state index in [1.54, 1.807) is 0 Å². The second-order valence-electron chi connectivity index (χ2n) is 4.15. The van der Waals surface area contributed by atoms with Gasteiger partial charge in [0.05, 0.1) is 5.69 Å². The zero-order valence-electron chi connectivity index (χ0n) is 9.94. The highest BCUT2D eigenvalue weighted by Crippen LogP contribution is 2.24. The van der Waals surface area contributed by atoms with Crippen LogP contribution in [0, 0.1) is 0 Å². The fourth-order valence-corrected chi connectivity index (χ4v) is 3.23. The summed E-state index contributed by atoms with van der Waals surface area (Å²) >= 11 is 2.04. The number of anilines is 1. The second kappa shape index (κ2) is 5.55. The van der Waals surface area contributed by atoms with Crippen molar-refractivity contribution in [3.63, 3.8) is 0 Å². The normalized spacial score (nSPS) is 20.0. The van der Waals surface area contributed by atoms with Gasteiger partial charge in [-0.05, 0) is 31.4 Å². The molecule has 3 nitrogen and oxygen atoms in total. The smallest absolute Gasteiger partial charge is 0.128 e. The van der Waals surface area contributed by atoms with Crippen molar-refractivity contribution in [2.75, 3.05) is 30.5 Å². The van der Waals surface area contributed by atoms with Crippen LogP contribution in [0.3, 0.4) is 0 Å². The van der Waals surface area contributed by atoms with Crippen LogP contribution in [0.1, 0.15) is 12.1 Å². The van der Waals surface area contributed by atoms with E-state index >= 15 is 0 Å². The molecule has 0 aromatic carbocycles. The minimum absolute atomic E-state index is 0.655. The summed E-state index contributed by atoms with van der Waals surface area (Å²) in [4.78, 5) is 6.98. The van der Waals surface area contributed by atoms with E-state index in [0.717, 1.165) is 18.1 Å². The molecule has 1 aliphatic heterocycles. The van der Waals surface area contributed by atoms with Crippen LogP contribution < -0.4 is 10.2 Å². The van der Waals surface area contributed by atoms with Gasteiger partial charge < -0.3 is 10.2 Å². The van der Waals surface area contributed by atoms with Gasteiger partial charge in [0.2, 0.25) is 0 Å². The van der Waals surface area contributed by atoms with Crippen LogP contribution in [0.4, 0.5) is 5.82 Å². The number of pyridine rings is 1. The van der Waals surface area contributed by atoms with Crippen LogP contribution in [0.5, 0.6) is 0 Å². The van der Waals surface area contributed by atoms with E-state index < -0.39 is 0 Å². The van der Waals surface area contributed by atoms with Crippen molar-refractivity contribution in [1.29, 1.82) is 0 Å². The molecule has 0 spiro atoms. The van der Waals surface area contributed by atoms with Gasteiger partial charge in [0.1, 0.15) is 5.82 Å². The van der Waals surface area contributed by atoms with Crippen molar-refractivity contribution in [2.45, 2.75) is 19.0 Å². The number of rotatable bonds is 4. The average Bonchev–Trinajstić information content (AvgIpc) is 2.82. The van der Waals surface area contributed by atoms with Crippen LogP contribution in [0.25, 0.3) is 0 Å². The molecule has 0 bridgehead atoms. The standard InChI is InChI=1S/C12H19N3S/c1-13-8-10-4-3-5-12(14-10)15(2)11-6-7-16-9-11/h3-5,11,13H,6-9H2,1-2H3. The molecule has 2 rings (SSSR count). The van der Waals surface area contributed by atoms with E-state index in [1.807, 2.05) is 18.8 Å². The molecule has 0 radical (unpaired) electrons. The molecule has 88 valence electrons. The van der Waals surface area contributed by atoms with Crippen molar-refractivity contribution in [1.82, 2.24) is 10.3 Å². The topological polar surface area (TPSA) is 28.2 Å². The number of thioether (sulfide) groups is 1. The van der Waals surface area contributed by atoms with Gasteiger partial charge >= 0.3 is 0 Å². The molecule has 1 aromatic rings. The van der Waals surface area contributed by atoms with E-state index in [2.05, 4.69) is 40.4 Å². The van der Waals surface area contributed by atoms with Crippen molar-refractivity contribution in [3.8, 4) is 0 Å². The first-order chi connectivity index (χ1) is 7.81. The van der Waals surface area contributed by atoms with Gasteiger partial charge in [-0.2, -0.15) is 11.8 Å². The van der Waals surface area contributed by atoms with E-state index in [1.165, 1.54) is 17.9 Å². The van der Waals surface area contributed by atoms with Gasteiger partial charge in [0.25, 0.3) is 0 Å². The molecular formula is C12H19N3S. The van der Waals surface area contributed by atoms with Crippen LogP contribution in [-0.2, 0) is 6.54 Å². The minimum atomic E-state index is 0.655. The molecule has 1 atom stereocenters. The Morgan fingerprint density at radius 1 is 1.56 bits per heavy atom. The van der Waals surface area contributed by atoms with E-state index in [-0.39, 0.29) is 0 Å². The maximum atomic E-state index is 4.66. The van der Waals surface area contributed by atoms with Gasteiger partial charge in [-0.3, -0.25) is 0 Å². The quantitative estimate of drug-likeness (QED) is 0.863. The maximum Gasteiger partial charge on any atom is 0.128 e. The summed E-state index contributed by atoms with van der Waals surface area (Å²) in [7, 11) is 4.10. The summed E-state index contributed by atoms with van der Waals surface area (Å²) in [5, 5.41) is 3.13. The van der Waals surface area contributed by atoms with E-state index in [0.29, 0.717) is 6.04 Å². The Kier molecular flexibility index (Phi) is 4.07. The fourth-order valence-electron chi connectivity index (χ4n) is 1.96. The molecule has 0 saturated carbocycles. The third-order valence-electron chi connectivity index (χ3n) is 2.96. The Hall–Kier alpha value is -0.740. The Balaban J connectivity index is 2.09. The lowest BCUT2D eigenvalue weighted by atomic mass is 10.2. The highest BCUT2D eigenvalue weighted by atomic mass is 32.2. The third-order valence-corrected chi connectivity index (χ3v) is 4.11. The van der Waals surface area contributed by atoms with Crippen molar-refractivity contribution in [2.24, 2.45) is 0 Å². The highest BCUT2D eigenvalue weighted by molar-refractivity contribution is 7.99. The lowest BCUT2D eigenvalue weighted by Gasteiger charge is -2.25. The number of nitrogens with zero attached hydrogens (tertiary/aromatic N) is 2. The third kappa shape index (κ3) is 2.68. The Morgan fingerprint density at radius 2 is 2.44 bits per heavy atom. The van der Waals surface area contributed by atoms with E-state index in [4.69, 9.17) is 0 Å². The maximum absolute atomic E-state index is 4.66. The summed E-state index contributed by atoms with van der Waals surface area (Å²) < 4.78 is 0. The minimum Gasteiger partial charge on any atom is -0.356 e. The van der Waals surface area contributed by atoms with Gasteiger partial charge in [0.15, 0.2) is 0 Å². The van der Waals surface area contributed by atoms with E-state index in [9.17, 15) is 0 Å². The SMILES string of the molecule is CNCc1cccc(N(C)C2CCSC2)n1. The van der Waals surface area contributed by atoms with Crippen molar-refractivity contribution in [3.05, 3.63) is 23.9 Å². The van der Waals surface area contributed by atoms with Crippen LogP contribution in [-0.4, -0.2) is 36.6 Å². The molecule has 0 amide bonds. The molecule has 1 fully saturated rings. The first-order valence-corrected chi connectivity index (χ1v) is 6.88.